The molecule has 29 heavy (non-hydrogen) atoms. The van der Waals surface area contributed by atoms with Crippen molar-refractivity contribution in [2.24, 2.45) is 0 Å². The number of rotatable bonds is 1. The molecule has 0 saturated carbocycles. The molecule has 0 aromatic heterocycles. The molecule has 0 saturated heterocycles. The molecule has 4 nitrogen and oxygen atoms in total. The van der Waals surface area contributed by atoms with Gasteiger partial charge in [-0.2, -0.15) is 0 Å². The number of carbonyl (C=O) groups is 1. The SMILES string of the molecule is O=C1CCCC2=C1[C@H](c1ccc(F)cc1)C=C1c3cc4c(cc3CCN12)OCO4. The van der Waals surface area contributed by atoms with Gasteiger partial charge in [0.1, 0.15) is 5.82 Å². The Labute approximate surface area is 168 Å². The summed E-state index contributed by atoms with van der Waals surface area (Å²) in [6, 6.07) is 10.7. The van der Waals surface area contributed by atoms with Crippen molar-refractivity contribution in [2.45, 2.75) is 31.6 Å². The van der Waals surface area contributed by atoms with Gasteiger partial charge in [0.2, 0.25) is 6.79 Å². The van der Waals surface area contributed by atoms with Gasteiger partial charge in [0.15, 0.2) is 17.3 Å². The minimum Gasteiger partial charge on any atom is -0.454 e. The normalized spacial score (nSPS) is 22.1. The second-order valence-corrected chi connectivity index (χ2v) is 7.98. The van der Waals surface area contributed by atoms with Crippen molar-refractivity contribution >= 4 is 11.5 Å². The summed E-state index contributed by atoms with van der Waals surface area (Å²) in [6.45, 7) is 1.10. The Balaban J connectivity index is 1.54. The Hall–Kier alpha value is -3.08. The first-order valence-corrected chi connectivity index (χ1v) is 10.1. The fourth-order valence-corrected chi connectivity index (χ4v) is 5.04. The van der Waals surface area contributed by atoms with Gasteiger partial charge >= 0.3 is 0 Å². The molecular weight excluding hydrogens is 369 g/mol. The highest BCUT2D eigenvalue weighted by Crippen LogP contribution is 2.48. The number of fused-ring (bicyclic) bond motifs is 5. The van der Waals surface area contributed by atoms with E-state index in [4.69, 9.17) is 9.47 Å². The van der Waals surface area contributed by atoms with Crippen molar-refractivity contribution in [2.75, 3.05) is 13.3 Å². The van der Waals surface area contributed by atoms with Crippen LogP contribution in [0.15, 0.2) is 53.7 Å². The lowest BCUT2D eigenvalue weighted by Gasteiger charge is -2.42. The van der Waals surface area contributed by atoms with Gasteiger partial charge in [0.05, 0.1) is 0 Å². The van der Waals surface area contributed by atoms with Gasteiger partial charge in [-0.3, -0.25) is 4.79 Å². The summed E-state index contributed by atoms with van der Waals surface area (Å²) in [4.78, 5) is 15.2. The van der Waals surface area contributed by atoms with Gasteiger partial charge in [0, 0.05) is 41.4 Å². The van der Waals surface area contributed by atoms with Crippen LogP contribution in [0.1, 0.15) is 41.9 Å². The molecule has 2 aromatic carbocycles. The molecule has 146 valence electrons. The van der Waals surface area contributed by atoms with Crippen LogP contribution in [0, 0.1) is 5.82 Å². The number of halogens is 1. The molecule has 0 amide bonds. The Morgan fingerprint density at radius 3 is 2.62 bits per heavy atom. The summed E-state index contributed by atoms with van der Waals surface area (Å²) in [6.07, 6.45) is 5.44. The van der Waals surface area contributed by atoms with Crippen LogP contribution in [0.5, 0.6) is 11.5 Å². The first-order chi connectivity index (χ1) is 14.2. The molecule has 0 N–H and O–H groups in total. The highest BCUT2D eigenvalue weighted by molar-refractivity contribution is 6.00. The smallest absolute Gasteiger partial charge is 0.231 e. The number of ketones is 1. The van der Waals surface area contributed by atoms with E-state index in [9.17, 15) is 9.18 Å². The first kappa shape index (κ1) is 16.8. The molecule has 0 unspecified atom stereocenters. The number of Topliss-reactive ketones (excluding diaryl/α,β-unsaturated/α-hetero) is 1. The van der Waals surface area contributed by atoms with Gasteiger partial charge in [-0.25, -0.2) is 4.39 Å². The van der Waals surface area contributed by atoms with E-state index >= 15 is 0 Å². The molecule has 6 rings (SSSR count). The maximum absolute atomic E-state index is 13.5. The van der Waals surface area contributed by atoms with E-state index in [1.807, 2.05) is 0 Å². The van der Waals surface area contributed by atoms with Gasteiger partial charge in [-0.1, -0.05) is 12.1 Å². The van der Waals surface area contributed by atoms with Gasteiger partial charge in [-0.05, 0) is 60.7 Å². The predicted molar refractivity (Wildman–Crippen MR) is 106 cm³/mol. The molecule has 0 radical (unpaired) electrons. The second-order valence-electron chi connectivity index (χ2n) is 7.98. The van der Waals surface area contributed by atoms with E-state index in [0.717, 1.165) is 65.4 Å². The lowest BCUT2D eigenvalue weighted by atomic mass is 9.77. The maximum atomic E-state index is 13.5. The summed E-state index contributed by atoms with van der Waals surface area (Å²) in [5, 5.41) is 0. The Morgan fingerprint density at radius 1 is 1.00 bits per heavy atom. The number of allylic oxidation sites excluding steroid dienone is 3. The van der Waals surface area contributed by atoms with Crippen LogP contribution in [-0.2, 0) is 11.2 Å². The minimum atomic E-state index is -0.265. The van der Waals surface area contributed by atoms with Crippen molar-refractivity contribution in [1.29, 1.82) is 0 Å². The fourth-order valence-electron chi connectivity index (χ4n) is 5.04. The van der Waals surface area contributed by atoms with Crippen LogP contribution in [0.3, 0.4) is 0 Å². The Morgan fingerprint density at radius 2 is 1.79 bits per heavy atom. The molecule has 2 aromatic rings. The van der Waals surface area contributed by atoms with Crippen molar-refractivity contribution in [3.8, 4) is 11.5 Å². The molecule has 1 aliphatic carbocycles. The van der Waals surface area contributed by atoms with Crippen molar-refractivity contribution in [3.63, 3.8) is 0 Å². The quantitative estimate of drug-likeness (QED) is 0.717. The monoisotopic (exact) mass is 389 g/mol. The standard InChI is InChI=1S/C24H20FNO3/c25-16-6-4-14(5-7-16)18-11-20-17-12-23-22(28-13-29-23)10-15(17)8-9-26(20)19-2-1-3-21(27)24(18)19/h4-7,10-12,18H,1-3,8-9,13H2/t18-/m0/s1. The van der Waals surface area contributed by atoms with Crippen molar-refractivity contribution in [3.05, 3.63) is 76.3 Å². The van der Waals surface area contributed by atoms with E-state index in [1.54, 1.807) is 12.1 Å². The molecule has 0 fully saturated rings. The van der Waals surface area contributed by atoms with Crippen molar-refractivity contribution in [1.82, 2.24) is 4.90 Å². The average Bonchev–Trinajstić information content (AvgIpc) is 3.19. The van der Waals surface area contributed by atoms with Crippen LogP contribution in [0.25, 0.3) is 5.70 Å². The van der Waals surface area contributed by atoms with Crippen LogP contribution in [0.4, 0.5) is 4.39 Å². The van der Waals surface area contributed by atoms with E-state index in [0.29, 0.717) is 6.42 Å². The zero-order chi connectivity index (χ0) is 19.5. The number of hydrogen-bond donors (Lipinski definition) is 0. The lowest BCUT2D eigenvalue weighted by molar-refractivity contribution is -0.116. The zero-order valence-corrected chi connectivity index (χ0v) is 15.9. The summed E-state index contributed by atoms with van der Waals surface area (Å²) >= 11 is 0. The van der Waals surface area contributed by atoms with E-state index in [1.165, 1.54) is 17.7 Å². The second kappa shape index (κ2) is 6.21. The zero-order valence-electron chi connectivity index (χ0n) is 15.9. The van der Waals surface area contributed by atoms with Crippen LogP contribution < -0.4 is 9.47 Å². The molecule has 0 spiro atoms. The number of carbonyl (C=O) groups excluding carboxylic acids is 1. The number of ether oxygens (including phenoxy) is 2. The van der Waals surface area contributed by atoms with Crippen LogP contribution >= 0.6 is 0 Å². The molecule has 3 heterocycles. The maximum Gasteiger partial charge on any atom is 0.231 e. The predicted octanol–water partition coefficient (Wildman–Crippen LogP) is 4.56. The largest absolute Gasteiger partial charge is 0.454 e. The number of hydrogen-bond acceptors (Lipinski definition) is 4. The molecule has 0 bridgehead atoms. The topological polar surface area (TPSA) is 38.8 Å². The third kappa shape index (κ3) is 2.53. The highest BCUT2D eigenvalue weighted by atomic mass is 19.1. The number of nitrogens with zero attached hydrogens (tertiary/aromatic N) is 1. The average molecular weight is 389 g/mol. The van der Waals surface area contributed by atoms with Crippen LogP contribution in [0.2, 0.25) is 0 Å². The highest BCUT2D eigenvalue weighted by Gasteiger charge is 2.38. The van der Waals surface area contributed by atoms with Gasteiger partial charge < -0.3 is 14.4 Å². The van der Waals surface area contributed by atoms with Crippen LogP contribution in [-0.4, -0.2) is 24.0 Å². The molecule has 3 aliphatic heterocycles. The third-order valence-electron chi connectivity index (χ3n) is 6.39. The Bertz CT molecular complexity index is 1100. The summed E-state index contributed by atoms with van der Waals surface area (Å²) in [7, 11) is 0. The van der Waals surface area contributed by atoms with E-state index in [-0.39, 0.29) is 24.3 Å². The minimum absolute atomic E-state index is 0.152. The first-order valence-electron chi connectivity index (χ1n) is 10.1. The Kier molecular flexibility index (Phi) is 3.60. The summed E-state index contributed by atoms with van der Waals surface area (Å²) in [5.74, 6) is 1.37. The molecule has 1 atom stereocenters. The fraction of sp³-hybridized carbons (Fsp3) is 0.292. The summed E-state index contributed by atoms with van der Waals surface area (Å²) in [5.41, 5.74) is 6.46. The van der Waals surface area contributed by atoms with Gasteiger partial charge in [-0.15, -0.1) is 0 Å². The molecule has 5 heteroatoms. The summed E-state index contributed by atoms with van der Waals surface area (Å²) < 4.78 is 24.7. The van der Waals surface area contributed by atoms with Crippen molar-refractivity contribution < 1.29 is 18.7 Å². The van der Waals surface area contributed by atoms with E-state index < -0.39 is 0 Å². The molecular formula is C24H20FNO3. The third-order valence-corrected chi connectivity index (χ3v) is 6.39. The molecule has 4 aliphatic rings. The van der Waals surface area contributed by atoms with Gasteiger partial charge in [0.25, 0.3) is 0 Å². The number of benzene rings is 2. The lowest BCUT2D eigenvalue weighted by Crippen LogP contribution is -2.36. The van der Waals surface area contributed by atoms with E-state index in [2.05, 4.69) is 23.1 Å².